The van der Waals surface area contributed by atoms with Crippen molar-refractivity contribution in [3.8, 4) is 0 Å². The number of cyclic esters (lactones) is 1. The van der Waals surface area contributed by atoms with Gasteiger partial charge in [-0.3, -0.25) is 4.79 Å². The van der Waals surface area contributed by atoms with Crippen LogP contribution in [-0.4, -0.2) is 36.9 Å². The van der Waals surface area contributed by atoms with Crippen LogP contribution in [0.3, 0.4) is 0 Å². The fourth-order valence-corrected chi connectivity index (χ4v) is 3.66. The topological polar surface area (TPSA) is 71.1 Å². The molecular weight excluding hydrogens is 420 g/mol. The Labute approximate surface area is 193 Å². The molecule has 6 nitrogen and oxygen atoms in total. The largest absolute Gasteiger partial charge is 0.458 e. The summed E-state index contributed by atoms with van der Waals surface area (Å²) in [6, 6.07) is 28.1. The summed E-state index contributed by atoms with van der Waals surface area (Å²) in [6.45, 7) is 0.530. The third-order valence-corrected chi connectivity index (χ3v) is 5.36. The summed E-state index contributed by atoms with van der Waals surface area (Å²) in [7, 11) is 0. The summed E-state index contributed by atoms with van der Waals surface area (Å²) in [5, 5.41) is 0. The van der Waals surface area contributed by atoms with Crippen molar-refractivity contribution in [3.05, 3.63) is 108 Å². The van der Waals surface area contributed by atoms with Crippen molar-refractivity contribution in [1.29, 1.82) is 0 Å². The van der Waals surface area contributed by atoms with E-state index in [9.17, 15) is 9.59 Å². The molecule has 3 aromatic carbocycles. The second kappa shape index (κ2) is 11.4. The molecule has 1 saturated heterocycles. The fourth-order valence-electron chi connectivity index (χ4n) is 3.66. The number of ether oxygens (including phenoxy) is 4. The average molecular weight is 446 g/mol. The summed E-state index contributed by atoms with van der Waals surface area (Å²) in [6.07, 6.45) is -1.83. The highest BCUT2D eigenvalue weighted by molar-refractivity contribution is 5.89. The van der Waals surface area contributed by atoms with Crippen molar-refractivity contribution in [3.63, 3.8) is 0 Å². The molecule has 1 fully saturated rings. The second-order valence-corrected chi connectivity index (χ2v) is 7.79. The van der Waals surface area contributed by atoms with E-state index < -0.39 is 30.3 Å². The molecule has 1 aliphatic rings. The van der Waals surface area contributed by atoms with Crippen molar-refractivity contribution in [1.82, 2.24) is 0 Å². The molecule has 0 aromatic heterocycles. The predicted molar refractivity (Wildman–Crippen MR) is 121 cm³/mol. The molecule has 3 atom stereocenters. The maximum absolute atomic E-state index is 12.4. The monoisotopic (exact) mass is 446 g/mol. The Bertz CT molecular complexity index is 1020. The highest BCUT2D eigenvalue weighted by Gasteiger charge is 2.41. The quantitative estimate of drug-likeness (QED) is 0.456. The molecule has 4 rings (SSSR count). The summed E-state index contributed by atoms with van der Waals surface area (Å²) in [4.78, 5) is 24.7. The van der Waals surface area contributed by atoms with Gasteiger partial charge in [0.2, 0.25) is 0 Å². The smallest absolute Gasteiger partial charge is 0.338 e. The normalized spacial score (nSPS) is 20.1. The van der Waals surface area contributed by atoms with Crippen LogP contribution >= 0.6 is 0 Å². The number of rotatable bonds is 9. The minimum Gasteiger partial charge on any atom is -0.458 e. The maximum Gasteiger partial charge on any atom is 0.338 e. The van der Waals surface area contributed by atoms with Crippen LogP contribution in [0.5, 0.6) is 0 Å². The Morgan fingerprint density at radius 1 is 0.788 bits per heavy atom. The Balaban J connectivity index is 1.46. The zero-order chi connectivity index (χ0) is 22.9. The molecule has 0 spiro atoms. The van der Waals surface area contributed by atoms with Gasteiger partial charge in [0, 0.05) is 0 Å². The minimum absolute atomic E-state index is 0.0649. The van der Waals surface area contributed by atoms with Gasteiger partial charge in [-0.15, -0.1) is 0 Å². The van der Waals surface area contributed by atoms with Crippen molar-refractivity contribution in [2.45, 2.75) is 37.9 Å². The molecule has 0 unspecified atom stereocenters. The van der Waals surface area contributed by atoms with Crippen LogP contribution in [-0.2, 0) is 37.0 Å². The maximum atomic E-state index is 12.4. The van der Waals surface area contributed by atoms with Gasteiger partial charge in [-0.25, -0.2) is 4.79 Å². The van der Waals surface area contributed by atoms with E-state index >= 15 is 0 Å². The Morgan fingerprint density at radius 2 is 1.33 bits per heavy atom. The zero-order valence-electron chi connectivity index (χ0n) is 18.2. The lowest BCUT2D eigenvalue weighted by atomic mass is 10.0. The fraction of sp³-hybridized carbons (Fsp3) is 0.259. The van der Waals surface area contributed by atoms with Crippen molar-refractivity contribution < 1.29 is 28.5 Å². The van der Waals surface area contributed by atoms with E-state index in [0.717, 1.165) is 11.1 Å². The van der Waals surface area contributed by atoms with Gasteiger partial charge in [0.25, 0.3) is 0 Å². The predicted octanol–water partition coefficient (Wildman–Crippen LogP) is 4.33. The molecule has 0 N–H and O–H groups in total. The van der Waals surface area contributed by atoms with Crippen LogP contribution in [0, 0.1) is 0 Å². The summed E-state index contributed by atoms with van der Waals surface area (Å²) in [5.74, 6) is -0.894. The lowest BCUT2D eigenvalue weighted by Crippen LogP contribution is -2.51. The zero-order valence-corrected chi connectivity index (χ0v) is 18.2. The van der Waals surface area contributed by atoms with E-state index in [4.69, 9.17) is 18.9 Å². The Kier molecular flexibility index (Phi) is 7.85. The van der Waals surface area contributed by atoms with E-state index in [1.54, 1.807) is 24.3 Å². The third kappa shape index (κ3) is 6.51. The number of hydrogen-bond donors (Lipinski definition) is 0. The Hall–Kier alpha value is -3.48. The molecule has 0 radical (unpaired) electrons. The number of esters is 2. The van der Waals surface area contributed by atoms with Gasteiger partial charge in [-0.1, -0.05) is 78.9 Å². The van der Waals surface area contributed by atoms with E-state index in [0.29, 0.717) is 18.8 Å². The molecule has 3 aromatic rings. The first-order chi connectivity index (χ1) is 16.2. The molecule has 170 valence electrons. The molecule has 1 aliphatic heterocycles. The van der Waals surface area contributed by atoms with Crippen LogP contribution in [0.1, 0.15) is 27.9 Å². The summed E-state index contributed by atoms with van der Waals surface area (Å²) in [5.41, 5.74) is 2.40. The highest BCUT2D eigenvalue weighted by Crippen LogP contribution is 2.25. The standard InChI is InChI=1S/C27H26O6/c28-25-16-23(30-17-20-10-4-1-5-11-20)26(31-18-21-12-6-2-7-13-21)24(33-25)19-32-27(29)22-14-8-3-9-15-22/h1-15,23-24,26H,16-19H2/t23-,24-,26-/m1/s1. The second-order valence-electron chi connectivity index (χ2n) is 7.79. The van der Waals surface area contributed by atoms with Crippen molar-refractivity contribution in [2.75, 3.05) is 6.61 Å². The Morgan fingerprint density at radius 3 is 1.94 bits per heavy atom. The minimum atomic E-state index is -0.775. The van der Waals surface area contributed by atoms with Gasteiger partial charge in [0.15, 0.2) is 6.10 Å². The van der Waals surface area contributed by atoms with Crippen LogP contribution in [0.4, 0.5) is 0 Å². The van der Waals surface area contributed by atoms with E-state index in [2.05, 4.69) is 0 Å². The van der Waals surface area contributed by atoms with E-state index in [1.165, 1.54) is 0 Å². The number of benzene rings is 3. The number of hydrogen-bond acceptors (Lipinski definition) is 6. The molecular formula is C27H26O6. The average Bonchev–Trinajstić information content (AvgIpc) is 2.87. The molecule has 6 heteroatoms. The number of carbonyl (C=O) groups is 2. The molecule has 0 saturated carbocycles. The lowest BCUT2D eigenvalue weighted by molar-refractivity contribution is -0.202. The lowest BCUT2D eigenvalue weighted by Gasteiger charge is -2.36. The van der Waals surface area contributed by atoms with Crippen LogP contribution in [0.2, 0.25) is 0 Å². The summed E-state index contributed by atoms with van der Waals surface area (Å²) >= 11 is 0. The van der Waals surface area contributed by atoms with E-state index in [-0.39, 0.29) is 13.0 Å². The SMILES string of the molecule is O=C1C[C@@H](OCc2ccccc2)[C@@H](OCc2ccccc2)[C@@H](COC(=O)c2ccccc2)O1. The van der Waals surface area contributed by atoms with Crippen LogP contribution in [0.25, 0.3) is 0 Å². The van der Waals surface area contributed by atoms with Gasteiger partial charge in [0.1, 0.15) is 12.7 Å². The molecule has 0 amide bonds. The van der Waals surface area contributed by atoms with Gasteiger partial charge < -0.3 is 18.9 Å². The summed E-state index contributed by atoms with van der Waals surface area (Å²) < 4.78 is 23.3. The van der Waals surface area contributed by atoms with Crippen molar-refractivity contribution in [2.24, 2.45) is 0 Å². The number of carbonyl (C=O) groups excluding carboxylic acids is 2. The first-order valence-corrected chi connectivity index (χ1v) is 10.9. The molecule has 1 heterocycles. The van der Waals surface area contributed by atoms with Gasteiger partial charge in [0.05, 0.1) is 31.3 Å². The highest BCUT2D eigenvalue weighted by atomic mass is 16.6. The third-order valence-electron chi connectivity index (χ3n) is 5.36. The van der Waals surface area contributed by atoms with E-state index in [1.807, 2.05) is 66.7 Å². The molecule has 33 heavy (non-hydrogen) atoms. The van der Waals surface area contributed by atoms with Gasteiger partial charge in [-0.2, -0.15) is 0 Å². The first-order valence-electron chi connectivity index (χ1n) is 10.9. The van der Waals surface area contributed by atoms with Gasteiger partial charge in [-0.05, 0) is 23.3 Å². The van der Waals surface area contributed by atoms with Crippen molar-refractivity contribution >= 4 is 11.9 Å². The van der Waals surface area contributed by atoms with Crippen LogP contribution < -0.4 is 0 Å². The molecule has 0 aliphatic carbocycles. The van der Waals surface area contributed by atoms with Crippen LogP contribution in [0.15, 0.2) is 91.0 Å². The van der Waals surface area contributed by atoms with Gasteiger partial charge >= 0.3 is 11.9 Å². The first kappa shape index (κ1) is 22.7. The molecule has 0 bridgehead atoms.